The second-order valence-electron chi connectivity index (χ2n) is 7.31. The molecular formula is C20H22N2O5. The standard InChI is InChI=1S/C20H22N2O5/c1-20(2,3)13-5-7-16-17(9-13)27-18(11-26-16)19(25)22-21-10-12-4-6-14(23)15(24)8-12/h4-10,18,23-24H,11H2,1-3H3,(H,22,25). The zero-order chi connectivity index (χ0) is 19.6. The SMILES string of the molecule is CC(C)(C)c1ccc2c(c1)OC(C(=O)NN=Cc1ccc(O)c(O)c1)CO2. The lowest BCUT2D eigenvalue weighted by Crippen LogP contribution is -2.42. The Hall–Kier alpha value is -3.22. The zero-order valence-corrected chi connectivity index (χ0v) is 15.4. The molecule has 142 valence electrons. The fraction of sp³-hybridized carbons (Fsp3) is 0.300. The molecule has 3 N–H and O–H groups in total. The number of phenols is 2. The predicted molar refractivity (Wildman–Crippen MR) is 101 cm³/mol. The third-order valence-corrected chi connectivity index (χ3v) is 4.15. The van der Waals surface area contributed by atoms with Gasteiger partial charge in [-0.25, -0.2) is 5.43 Å². The molecule has 1 unspecified atom stereocenters. The highest BCUT2D eigenvalue weighted by molar-refractivity contribution is 5.85. The maximum atomic E-state index is 12.3. The van der Waals surface area contributed by atoms with E-state index in [1.165, 1.54) is 18.3 Å². The van der Waals surface area contributed by atoms with Crippen molar-refractivity contribution in [2.24, 2.45) is 5.10 Å². The van der Waals surface area contributed by atoms with Gasteiger partial charge in [-0.2, -0.15) is 5.10 Å². The molecule has 1 heterocycles. The van der Waals surface area contributed by atoms with Crippen LogP contribution in [0, 0.1) is 0 Å². The third kappa shape index (κ3) is 4.31. The summed E-state index contributed by atoms with van der Waals surface area (Å²) in [6, 6.07) is 9.93. The van der Waals surface area contributed by atoms with E-state index in [1.54, 1.807) is 6.07 Å². The van der Waals surface area contributed by atoms with Crippen molar-refractivity contribution in [2.75, 3.05) is 6.61 Å². The van der Waals surface area contributed by atoms with Crippen LogP contribution in [-0.4, -0.2) is 35.0 Å². The molecule has 27 heavy (non-hydrogen) atoms. The van der Waals surface area contributed by atoms with E-state index in [2.05, 4.69) is 31.3 Å². The molecule has 0 bridgehead atoms. The molecule has 3 rings (SSSR count). The number of fused-ring (bicyclic) bond motifs is 1. The number of benzene rings is 2. The minimum atomic E-state index is -0.821. The van der Waals surface area contributed by atoms with Gasteiger partial charge < -0.3 is 19.7 Å². The van der Waals surface area contributed by atoms with E-state index in [0.717, 1.165) is 5.56 Å². The molecule has 7 heteroatoms. The Morgan fingerprint density at radius 3 is 2.63 bits per heavy atom. The summed E-state index contributed by atoms with van der Waals surface area (Å²) in [5.41, 5.74) is 3.94. The van der Waals surface area contributed by atoms with Crippen LogP contribution in [0.2, 0.25) is 0 Å². The topological polar surface area (TPSA) is 100 Å². The Bertz CT molecular complexity index is 886. The molecule has 1 atom stereocenters. The molecule has 0 radical (unpaired) electrons. The summed E-state index contributed by atoms with van der Waals surface area (Å²) in [7, 11) is 0. The second kappa shape index (κ2) is 7.19. The maximum Gasteiger partial charge on any atom is 0.284 e. The first-order valence-electron chi connectivity index (χ1n) is 8.53. The molecule has 0 saturated heterocycles. The van der Waals surface area contributed by atoms with Crippen LogP contribution in [0.4, 0.5) is 0 Å². The minimum Gasteiger partial charge on any atom is -0.504 e. The number of rotatable bonds is 3. The number of nitrogens with zero attached hydrogens (tertiary/aromatic N) is 1. The van der Waals surface area contributed by atoms with Crippen LogP contribution in [0.3, 0.4) is 0 Å². The quantitative estimate of drug-likeness (QED) is 0.438. The van der Waals surface area contributed by atoms with Gasteiger partial charge in [0.05, 0.1) is 6.21 Å². The number of hydrogen-bond donors (Lipinski definition) is 3. The number of hydrazone groups is 1. The summed E-state index contributed by atoms with van der Waals surface area (Å²) >= 11 is 0. The van der Waals surface area contributed by atoms with E-state index in [1.807, 2.05) is 18.2 Å². The Labute approximate surface area is 157 Å². The number of phenolic OH excluding ortho intramolecular Hbond substituents is 2. The average Bonchev–Trinajstić information content (AvgIpc) is 2.63. The summed E-state index contributed by atoms with van der Waals surface area (Å²) in [5.74, 6) is 0.204. The Kier molecular flexibility index (Phi) is 4.94. The van der Waals surface area contributed by atoms with Crippen molar-refractivity contribution in [1.29, 1.82) is 0 Å². The zero-order valence-electron chi connectivity index (χ0n) is 15.4. The van der Waals surface area contributed by atoms with E-state index in [-0.39, 0.29) is 23.5 Å². The lowest BCUT2D eigenvalue weighted by molar-refractivity contribution is -0.130. The van der Waals surface area contributed by atoms with Crippen LogP contribution < -0.4 is 14.9 Å². The third-order valence-electron chi connectivity index (χ3n) is 4.15. The van der Waals surface area contributed by atoms with E-state index in [4.69, 9.17) is 9.47 Å². The van der Waals surface area contributed by atoms with E-state index < -0.39 is 12.0 Å². The molecule has 2 aromatic carbocycles. The largest absolute Gasteiger partial charge is 0.504 e. The Balaban J connectivity index is 1.65. The van der Waals surface area contributed by atoms with Crippen LogP contribution in [0.5, 0.6) is 23.0 Å². The molecule has 2 aromatic rings. The molecule has 1 aliphatic rings. The number of carbonyl (C=O) groups excluding carboxylic acids is 1. The van der Waals surface area contributed by atoms with Gasteiger partial charge >= 0.3 is 0 Å². The lowest BCUT2D eigenvalue weighted by Gasteiger charge is -2.27. The van der Waals surface area contributed by atoms with Crippen molar-refractivity contribution in [3.63, 3.8) is 0 Å². The first-order valence-corrected chi connectivity index (χ1v) is 8.53. The second-order valence-corrected chi connectivity index (χ2v) is 7.31. The average molecular weight is 370 g/mol. The molecule has 0 fully saturated rings. The normalized spacial score (nSPS) is 16.3. The summed E-state index contributed by atoms with van der Waals surface area (Å²) < 4.78 is 11.4. The monoisotopic (exact) mass is 370 g/mol. The molecule has 0 spiro atoms. The van der Waals surface area contributed by atoms with Crippen LogP contribution in [0.15, 0.2) is 41.5 Å². The van der Waals surface area contributed by atoms with Gasteiger partial charge in [-0.1, -0.05) is 26.8 Å². The highest BCUT2D eigenvalue weighted by Gasteiger charge is 2.28. The smallest absolute Gasteiger partial charge is 0.284 e. The van der Waals surface area contributed by atoms with Gasteiger partial charge in [-0.05, 0) is 46.9 Å². The number of aromatic hydroxyl groups is 2. The number of carbonyl (C=O) groups is 1. The molecule has 1 aliphatic heterocycles. The van der Waals surface area contributed by atoms with Crippen LogP contribution in [0.25, 0.3) is 0 Å². The fourth-order valence-corrected chi connectivity index (χ4v) is 2.53. The van der Waals surface area contributed by atoms with Gasteiger partial charge in [-0.3, -0.25) is 4.79 Å². The number of amides is 1. The van der Waals surface area contributed by atoms with Crippen molar-refractivity contribution >= 4 is 12.1 Å². The number of nitrogens with one attached hydrogen (secondary N) is 1. The Morgan fingerprint density at radius 1 is 1.15 bits per heavy atom. The van der Waals surface area contributed by atoms with Gasteiger partial charge in [0, 0.05) is 0 Å². The number of ether oxygens (including phenoxy) is 2. The summed E-state index contributed by atoms with van der Waals surface area (Å²) in [6.07, 6.45) is 0.532. The van der Waals surface area contributed by atoms with Crippen LogP contribution in [0.1, 0.15) is 31.9 Å². The van der Waals surface area contributed by atoms with Crippen LogP contribution in [-0.2, 0) is 10.2 Å². The molecule has 0 saturated carbocycles. The van der Waals surface area contributed by atoms with Gasteiger partial charge in [-0.15, -0.1) is 0 Å². The van der Waals surface area contributed by atoms with Crippen molar-refractivity contribution in [3.05, 3.63) is 47.5 Å². The molecule has 0 aliphatic carbocycles. The highest BCUT2D eigenvalue weighted by atomic mass is 16.6. The molecular weight excluding hydrogens is 348 g/mol. The molecule has 0 aromatic heterocycles. The van der Waals surface area contributed by atoms with Gasteiger partial charge in [0.2, 0.25) is 6.10 Å². The van der Waals surface area contributed by atoms with Crippen molar-refractivity contribution in [2.45, 2.75) is 32.3 Å². The van der Waals surface area contributed by atoms with E-state index in [0.29, 0.717) is 17.1 Å². The Morgan fingerprint density at radius 2 is 1.93 bits per heavy atom. The highest BCUT2D eigenvalue weighted by Crippen LogP contribution is 2.36. The van der Waals surface area contributed by atoms with E-state index >= 15 is 0 Å². The maximum absolute atomic E-state index is 12.3. The first-order chi connectivity index (χ1) is 12.7. The van der Waals surface area contributed by atoms with E-state index in [9.17, 15) is 15.0 Å². The van der Waals surface area contributed by atoms with Crippen molar-refractivity contribution < 1.29 is 24.5 Å². The minimum absolute atomic E-state index is 0.0481. The fourth-order valence-electron chi connectivity index (χ4n) is 2.53. The van der Waals surface area contributed by atoms with Crippen molar-refractivity contribution in [3.8, 4) is 23.0 Å². The first kappa shape index (κ1) is 18.6. The lowest BCUT2D eigenvalue weighted by atomic mass is 9.87. The van der Waals surface area contributed by atoms with Gasteiger partial charge in [0.1, 0.15) is 6.61 Å². The van der Waals surface area contributed by atoms with Crippen LogP contribution >= 0.6 is 0 Å². The molecule has 7 nitrogen and oxygen atoms in total. The summed E-state index contributed by atoms with van der Waals surface area (Å²) in [6.45, 7) is 6.37. The number of hydrogen-bond acceptors (Lipinski definition) is 6. The molecule has 1 amide bonds. The summed E-state index contributed by atoms with van der Waals surface area (Å²) in [5, 5.41) is 22.6. The van der Waals surface area contributed by atoms with Gasteiger partial charge in [0.15, 0.2) is 23.0 Å². The van der Waals surface area contributed by atoms with Crippen molar-refractivity contribution in [1.82, 2.24) is 5.43 Å². The van der Waals surface area contributed by atoms with Gasteiger partial charge in [0.25, 0.3) is 5.91 Å². The predicted octanol–water partition coefficient (Wildman–Crippen LogP) is 2.69. The summed E-state index contributed by atoms with van der Waals surface area (Å²) in [4.78, 5) is 12.3.